The number of aliphatic carboxylic acids is 1. The Morgan fingerprint density at radius 1 is 1.29 bits per heavy atom. The summed E-state index contributed by atoms with van der Waals surface area (Å²) in [5, 5.41) is 12.6. The number of carbonyl (C=O) groups is 3. The molecule has 0 aromatic heterocycles. The van der Waals surface area contributed by atoms with Gasteiger partial charge in [0.1, 0.15) is 11.6 Å². The van der Waals surface area contributed by atoms with E-state index in [-0.39, 0.29) is 24.9 Å². The Kier molecular flexibility index (Phi) is 6.12. The number of carboxylic acid groups (broad SMARTS) is 1. The number of halogens is 1. The molecule has 0 radical (unpaired) electrons. The number of imide groups is 1. The Morgan fingerprint density at radius 2 is 2.00 bits per heavy atom. The highest BCUT2D eigenvalue weighted by atomic mass is 19.1. The molecule has 114 valence electrons. The quantitative estimate of drug-likeness (QED) is 0.742. The van der Waals surface area contributed by atoms with Gasteiger partial charge in [-0.25, -0.2) is 9.18 Å². The number of urea groups is 1. The van der Waals surface area contributed by atoms with E-state index in [9.17, 15) is 18.8 Å². The van der Waals surface area contributed by atoms with Gasteiger partial charge in [0.25, 0.3) is 0 Å². The molecule has 0 unspecified atom stereocenters. The topological polar surface area (TPSA) is 105 Å². The van der Waals surface area contributed by atoms with Crippen LogP contribution in [0.15, 0.2) is 18.2 Å². The fraction of sp³-hybridized carbons (Fsp3) is 0.308. The zero-order valence-electron chi connectivity index (χ0n) is 11.3. The van der Waals surface area contributed by atoms with E-state index in [1.807, 2.05) is 5.32 Å². The second-order valence-corrected chi connectivity index (χ2v) is 4.10. The van der Waals surface area contributed by atoms with Gasteiger partial charge in [0, 0.05) is 18.9 Å². The van der Waals surface area contributed by atoms with E-state index in [0.29, 0.717) is 5.75 Å². The highest BCUT2D eigenvalue weighted by molar-refractivity contribution is 6.01. The van der Waals surface area contributed by atoms with Crippen molar-refractivity contribution in [3.05, 3.63) is 24.0 Å². The fourth-order valence-electron chi connectivity index (χ4n) is 1.47. The van der Waals surface area contributed by atoms with Crippen LogP contribution in [0, 0.1) is 5.82 Å². The number of carboxylic acids is 1. The Morgan fingerprint density at radius 3 is 2.62 bits per heavy atom. The number of nitrogens with one attached hydrogen (secondary N) is 2. The van der Waals surface area contributed by atoms with Crippen molar-refractivity contribution < 1.29 is 28.6 Å². The van der Waals surface area contributed by atoms with Crippen LogP contribution in [-0.4, -0.2) is 30.1 Å². The summed E-state index contributed by atoms with van der Waals surface area (Å²) in [6.45, 7) is 0. The van der Waals surface area contributed by atoms with Crippen LogP contribution in [0.25, 0.3) is 0 Å². The molecular formula is C13H15FN2O5. The van der Waals surface area contributed by atoms with Crippen LogP contribution in [0.2, 0.25) is 0 Å². The lowest BCUT2D eigenvalue weighted by Crippen LogP contribution is -2.34. The maximum atomic E-state index is 13.4. The van der Waals surface area contributed by atoms with Gasteiger partial charge in [0.2, 0.25) is 5.91 Å². The van der Waals surface area contributed by atoms with Crippen LogP contribution in [0.4, 0.5) is 14.9 Å². The van der Waals surface area contributed by atoms with Gasteiger partial charge in [-0.3, -0.25) is 14.9 Å². The van der Waals surface area contributed by atoms with Crippen LogP contribution in [-0.2, 0) is 9.59 Å². The number of hydrogen-bond donors (Lipinski definition) is 3. The molecule has 0 atom stereocenters. The molecule has 0 spiro atoms. The second-order valence-electron chi connectivity index (χ2n) is 4.10. The Balaban J connectivity index is 2.50. The second kappa shape index (κ2) is 7.83. The molecule has 0 aliphatic rings. The first-order valence-electron chi connectivity index (χ1n) is 6.08. The molecule has 0 saturated carbocycles. The molecule has 1 aromatic carbocycles. The van der Waals surface area contributed by atoms with E-state index >= 15 is 0 Å². The predicted octanol–water partition coefficient (Wildman–Crippen LogP) is 1.74. The van der Waals surface area contributed by atoms with E-state index in [0.717, 1.165) is 6.07 Å². The third-order valence-electron chi connectivity index (χ3n) is 2.47. The molecule has 7 nitrogen and oxygen atoms in total. The average Bonchev–Trinajstić information content (AvgIpc) is 2.40. The lowest BCUT2D eigenvalue weighted by molar-refractivity contribution is -0.137. The monoisotopic (exact) mass is 298 g/mol. The SMILES string of the molecule is COc1ccc(F)c(NC(=O)NC(=O)CCCC(=O)O)c1. The summed E-state index contributed by atoms with van der Waals surface area (Å²) in [4.78, 5) is 33.1. The summed E-state index contributed by atoms with van der Waals surface area (Å²) in [6.07, 6.45) is -0.165. The van der Waals surface area contributed by atoms with E-state index in [1.165, 1.54) is 19.2 Å². The van der Waals surface area contributed by atoms with Gasteiger partial charge in [0.15, 0.2) is 0 Å². The highest BCUT2D eigenvalue weighted by Gasteiger charge is 2.11. The Labute approximate surface area is 120 Å². The van der Waals surface area contributed by atoms with Gasteiger partial charge >= 0.3 is 12.0 Å². The van der Waals surface area contributed by atoms with Crippen molar-refractivity contribution in [3.63, 3.8) is 0 Å². The zero-order chi connectivity index (χ0) is 15.8. The van der Waals surface area contributed by atoms with Crippen molar-refractivity contribution in [2.45, 2.75) is 19.3 Å². The van der Waals surface area contributed by atoms with Crippen molar-refractivity contribution in [3.8, 4) is 5.75 Å². The predicted molar refractivity (Wildman–Crippen MR) is 71.6 cm³/mol. The molecule has 0 bridgehead atoms. The standard InChI is InChI=1S/C13H15FN2O5/c1-21-8-5-6-9(14)10(7-8)15-13(20)16-11(17)3-2-4-12(18)19/h5-7H,2-4H2,1H3,(H,18,19)(H2,15,16,17,20). The highest BCUT2D eigenvalue weighted by Crippen LogP contribution is 2.20. The molecular weight excluding hydrogens is 283 g/mol. The summed E-state index contributed by atoms with van der Waals surface area (Å²) in [5.74, 6) is -1.99. The minimum atomic E-state index is -1.02. The van der Waals surface area contributed by atoms with Crippen LogP contribution >= 0.6 is 0 Å². The minimum absolute atomic E-state index is 0.111. The van der Waals surface area contributed by atoms with Gasteiger partial charge in [-0.15, -0.1) is 0 Å². The molecule has 3 N–H and O–H groups in total. The van der Waals surface area contributed by atoms with Gasteiger partial charge in [0.05, 0.1) is 12.8 Å². The van der Waals surface area contributed by atoms with Crippen molar-refractivity contribution in [2.24, 2.45) is 0 Å². The summed E-state index contributed by atoms with van der Waals surface area (Å²) >= 11 is 0. The first-order valence-corrected chi connectivity index (χ1v) is 6.08. The number of carbonyl (C=O) groups excluding carboxylic acids is 2. The van der Waals surface area contributed by atoms with Crippen LogP contribution < -0.4 is 15.4 Å². The van der Waals surface area contributed by atoms with Crippen molar-refractivity contribution in [1.82, 2.24) is 5.32 Å². The number of rotatable bonds is 6. The number of methoxy groups -OCH3 is 1. The third-order valence-corrected chi connectivity index (χ3v) is 2.47. The van der Waals surface area contributed by atoms with Crippen LogP contribution in [0.5, 0.6) is 5.75 Å². The maximum Gasteiger partial charge on any atom is 0.325 e. The molecule has 0 heterocycles. The van der Waals surface area contributed by atoms with E-state index in [1.54, 1.807) is 0 Å². The van der Waals surface area contributed by atoms with Gasteiger partial charge in [-0.2, -0.15) is 0 Å². The summed E-state index contributed by atoms with van der Waals surface area (Å²) in [5.41, 5.74) is -0.134. The molecule has 1 rings (SSSR count). The molecule has 21 heavy (non-hydrogen) atoms. The Hall–Kier alpha value is -2.64. The van der Waals surface area contributed by atoms with E-state index < -0.39 is 23.7 Å². The first kappa shape index (κ1) is 16.4. The van der Waals surface area contributed by atoms with Crippen molar-refractivity contribution >= 4 is 23.6 Å². The van der Waals surface area contributed by atoms with Crippen LogP contribution in [0.1, 0.15) is 19.3 Å². The largest absolute Gasteiger partial charge is 0.497 e. The number of amides is 3. The lowest BCUT2D eigenvalue weighted by atomic mass is 10.2. The lowest BCUT2D eigenvalue weighted by Gasteiger charge is -2.09. The molecule has 0 fully saturated rings. The number of anilines is 1. The molecule has 8 heteroatoms. The average molecular weight is 298 g/mol. The van der Waals surface area contributed by atoms with Crippen molar-refractivity contribution in [2.75, 3.05) is 12.4 Å². The molecule has 1 aromatic rings. The fourth-order valence-corrected chi connectivity index (χ4v) is 1.47. The molecule has 0 aliphatic carbocycles. The number of hydrogen-bond acceptors (Lipinski definition) is 4. The Bertz CT molecular complexity index is 547. The van der Waals surface area contributed by atoms with Gasteiger partial charge in [-0.05, 0) is 18.6 Å². The number of ether oxygens (including phenoxy) is 1. The van der Waals surface area contributed by atoms with Gasteiger partial charge < -0.3 is 15.2 Å². The molecule has 3 amide bonds. The zero-order valence-corrected chi connectivity index (χ0v) is 11.3. The summed E-state index contributed by atoms with van der Waals surface area (Å²) < 4.78 is 18.3. The molecule has 0 saturated heterocycles. The smallest absolute Gasteiger partial charge is 0.325 e. The van der Waals surface area contributed by atoms with Gasteiger partial charge in [-0.1, -0.05) is 0 Å². The molecule has 0 aliphatic heterocycles. The minimum Gasteiger partial charge on any atom is -0.497 e. The van der Waals surface area contributed by atoms with E-state index in [2.05, 4.69) is 5.32 Å². The first-order chi connectivity index (χ1) is 9.92. The summed E-state index contributed by atoms with van der Waals surface area (Å²) in [7, 11) is 1.39. The summed E-state index contributed by atoms with van der Waals surface area (Å²) in [6, 6.07) is 2.87. The van der Waals surface area contributed by atoms with E-state index in [4.69, 9.17) is 9.84 Å². The normalized spacial score (nSPS) is 9.81. The van der Waals surface area contributed by atoms with Crippen LogP contribution in [0.3, 0.4) is 0 Å². The third kappa shape index (κ3) is 5.89. The maximum absolute atomic E-state index is 13.4. The van der Waals surface area contributed by atoms with Crippen molar-refractivity contribution in [1.29, 1.82) is 0 Å². The number of benzene rings is 1.